The highest BCUT2D eigenvalue weighted by molar-refractivity contribution is 7.94. The first-order valence-electron chi connectivity index (χ1n) is 5.14. The van der Waals surface area contributed by atoms with Crippen LogP contribution in [0.2, 0.25) is 0 Å². The van der Waals surface area contributed by atoms with Crippen LogP contribution in [0.15, 0.2) is 29.2 Å². The van der Waals surface area contributed by atoms with Gasteiger partial charge in [-0.25, -0.2) is 0 Å². The van der Waals surface area contributed by atoms with Gasteiger partial charge in [-0.2, -0.15) is 0 Å². The summed E-state index contributed by atoms with van der Waals surface area (Å²) < 4.78 is 5.29. The van der Waals surface area contributed by atoms with Crippen molar-refractivity contribution in [3.05, 3.63) is 29.8 Å². The fourth-order valence-corrected chi connectivity index (χ4v) is 1.83. The second-order valence-electron chi connectivity index (χ2n) is 3.90. The summed E-state index contributed by atoms with van der Waals surface area (Å²) in [7, 11) is 0. The fraction of sp³-hybridized carbons (Fsp3) is 0.417. The smallest absolute Gasteiger partial charge is 0.162 e. The maximum atomic E-state index is 11.3. The van der Waals surface area contributed by atoms with Crippen molar-refractivity contribution in [1.29, 1.82) is 0 Å². The number of Topliss-reactive ketones (excluding diaryl/α,β-unsaturated/α-hetero) is 1. The molecule has 0 atom stereocenters. The normalized spacial score (nSPS) is 15.3. The van der Waals surface area contributed by atoms with Crippen molar-refractivity contribution < 1.29 is 8.98 Å². The molecule has 0 heterocycles. The average Bonchev–Trinajstić information content (AvgIpc) is 3.04. The molecule has 15 heavy (non-hydrogen) atoms. The van der Waals surface area contributed by atoms with Gasteiger partial charge in [0.25, 0.3) is 0 Å². The van der Waals surface area contributed by atoms with Crippen molar-refractivity contribution >= 4 is 17.8 Å². The molecule has 1 aliphatic carbocycles. The molecule has 0 N–H and O–H groups in total. The van der Waals surface area contributed by atoms with Crippen LogP contribution in [-0.2, 0) is 8.98 Å². The van der Waals surface area contributed by atoms with E-state index in [4.69, 9.17) is 4.18 Å². The Bertz CT molecular complexity index is 341. The quantitative estimate of drug-likeness (QED) is 0.716. The molecule has 0 radical (unpaired) electrons. The van der Waals surface area contributed by atoms with Crippen LogP contribution in [0, 0.1) is 12.8 Å². The Morgan fingerprint density at radius 1 is 1.40 bits per heavy atom. The van der Waals surface area contributed by atoms with E-state index in [0.29, 0.717) is 5.92 Å². The van der Waals surface area contributed by atoms with Gasteiger partial charge in [0.05, 0.1) is 0 Å². The molecule has 0 spiro atoms. The first kappa shape index (κ1) is 10.7. The fourth-order valence-electron chi connectivity index (χ4n) is 1.27. The second-order valence-corrected chi connectivity index (χ2v) is 4.77. The number of hydrogen-bond acceptors (Lipinski definition) is 3. The number of hydrogen-bond donors (Lipinski definition) is 0. The van der Waals surface area contributed by atoms with Gasteiger partial charge < -0.3 is 4.18 Å². The van der Waals surface area contributed by atoms with Crippen LogP contribution < -0.4 is 0 Å². The summed E-state index contributed by atoms with van der Waals surface area (Å²) in [4.78, 5) is 12.4. The Morgan fingerprint density at radius 3 is 2.67 bits per heavy atom. The van der Waals surface area contributed by atoms with Crippen molar-refractivity contribution in [3.63, 3.8) is 0 Å². The van der Waals surface area contributed by atoms with Gasteiger partial charge in [0, 0.05) is 22.9 Å². The molecule has 1 aliphatic rings. The molecule has 0 bridgehead atoms. The van der Waals surface area contributed by atoms with E-state index in [9.17, 15) is 4.79 Å². The van der Waals surface area contributed by atoms with Crippen LogP contribution in [0.4, 0.5) is 0 Å². The van der Waals surface area contributed by atoms with Crippen LogP contribution in [-0.4, -0.2) is 12.4 Å². The highest BCUT2D eigenvalue weighted by atomic mass is 32.2. The Hall–Kier alpha value is -0.800. The number of rotatable bonds is 5. The SMILES string of the molecule is Cc1ccc(SOCC(=O)C2CC2)cc1. The van der Waals surface area contributed by atoms with Crippen molar-refractivity contribution in [1.82, 2.24) is 0 Å². The van der Waals surface area contributed by atoms with E-state index in [-0.39, 0.29) is 12.4 Å². The molecule has 1 fully saturated rings. The van der Waals surface area contributed by atoms with E-state index in [2.05, 4.69) is 0 Å². The molecular weight excluding hydrogens is 208 g/mol. The summed E-state index contributed by atoms with van der Waals surface area (Å²) in [5.41, 5.74) is 1.23. The van der Waals surface area contributed by atoms with Gasteiger partial charge in [-0.05, 0) is 31.9 Å². The third-order valence-electron chi connectivity index (χ3n) is 2.41. The van der Waals surface area contributed by atoms with Crippen molar-refractivity contribution in [2.24, 2.45) is 5.92 Å². The summed E-state index contributed by atoms with van der Waals surface area (Å²) in [6.07, 6.45) is 2.11. The lowest BCUT2D eigenvalue weighted by Gasteiger charge is -2.01. The molecule has 0 amide bonds. The molecule has 0 aliphatic heterocycles. The molecular formula is C12H14O2S. The highest BCUT2D eigenvalue weighted by Gasteiger charge is 2.29. The molecule has 3 heteroatoms. The van der Waals surface area contributed by atoms with Gasteiger partial charge >= 0.3 is 0 Å². The maximum absolute atomic E-state index is 11.3. The Kier molecular flexibility index (Phi) is 3.44. The molecule has 0 saturated heterocycles. The first-order chi connectivity index (χ1) is 7.25. The first-order valence-corrected chi connectivity index (χ1v) is 5.89. The molecule has 1 saturated carbocycles. The van der Waals surface area contributed by atoms with Crippen LogP contribution in [0.5, 0.6) is 0 Å². The van der Waals surface area contributed by atoms with Crippen molar-refractivity contribution in [2.45, 2.75) is 24.7 Å². The minimum absolute atomic E-state index is 0.239. The lowest BCUT2D eigenvalue weighted by atomic mass is 10.2. The number of carbonyl (C=O) groups is 1. The molecule has 1 aromatic rings. The van der Waals surface area contributed by atoms with E-state index in [1.807, 2.05) is 31.2 Å². The van der Waals surface area contributed by atoms with Crippen LogP contribution >= 0.6 is 12.0 Å². The zero-order chi connectivity index (χ0) is 10.7. The number of benzene rings is 1. The summed E-state index contributed by atoms with van der Waals surface area (Å²) in [6, 6.07) is 8.08. The van der Waals surface area contributed by atoms with Gasteiger partial charge in [0.1, 0.15) is 6.61 Å². The molecule has 0 unspecified atom stereocenters. The predicted molar refractivity (Wildman–Crippen MR) is 60.7 cm³/mol. The van der Waals surface area contributed by atoms with Gasteiger partial charge in [-0.1, -0.05) is 17.7 Å². The summed E-state index contributed by atoms with van der Waals surface area (Å²) in [5, 5.41) is 0. The van der Waals surface area contributed by atoms with E-state index >= 15 is 0 Å². The number of aryl methyl sites for hydroxylation is 1. The van der Waals surface area contributed by atoms with Crippen LogP contribution in [0.1, 0.15) is 18.4 Å². The molecule has 1 aromatic carbocycles. The number of ketones is 1. The van der Waals surface area contributed by atoms with Gasteiger partial charge in [0.15, 0.2) is 5.78 Å². The standard InChI is InChI=1S/C12H14O2S/c1-9-2-6-11(7-3-9)15-14-8-12(13)10-4-5-10/h2-3,6-7,10H,4-5,8H2,1H3. The third-order valence-corrected chi connectivity index (χ3v) is 3.11. The molecule has 2 rings (SSSR count). The van der Waals surface area contributed by atoms with Gasteiger partial charge in [-0.3, -0.25) is 4.79 Å². The molecule has 2 nitrogen and oxygen atoms in total. The van der Waals surface area contributed by atoms with E-state index in [1.54, 1.807) is 0 Å². The molecule has 0 aromatic heterocycles. The minimum atomic E-state index is 0.239. The Morgan fingerprint density at radius 2 is 2.07 bits per heavy atom. The predicted octanol–water partition coefficient (Wildman–Crippen LogP) is 3.00. The van der Waals surface area contributed by atoms with Crippen LogP contribution in [0.25, 0.3) is 0 Å². The van der Waals surface area contributed by atoms with E-state index in [0.717, 1.165) is 17.7 Å². The topological polar surface area (TPSA) is 26.3 Å². The average molecular weight is 222 g/mol. The van der Waals surface area contributed by atoms with Crippen molar-refractivity contribution in [3.8, 4) is 0 Å². The van der Waals surface area contributed by atoms with Gasteiger partial charge in [-0.15, -0.1) is 0 Å². The second kappa shape index (κ2) is 4.81. The lowest BCUT2D eigenvalue weighted by molar-refractivity contribution is -0.121. The minimum Gasteiger partial charge on any atom is -0.302 e. The maximum Gasteiger partial charge on any atom is 0.162 e. The zero-order valence-electron chi connectivity index (χ0n) is 8.73. The number of carbonyl (C=O) groups excluding carboxylic acids is 1. The summed E-state index contributed by atoms with van der Waals surface area (Å²) in [6.45, 7) is 2.29. The van der Waals surface area contributed by atoms with Crippen molar-refractivity contribution in [2.75, 3.05) is 6.61 Å². The lowest BCUT2D eigenvalue weighted by Crippen LogP contribution is -2.06. The molecule has 80 valence electrons. The van der Waals surface area contributed by atoms with Crippen LogP contribution in [0.3, 0.4) is 0 Å². The third kappa shape index (κ3) is 3.36. The van der Waals surface area contributed by atoms with E-state index in [1.165, 1.54) is 17.6 Å². The largest absolute Gasteiger partial charge is 0.302 e. The monoisotopic (exact) mass is 222 g/mol. The Balaban J connectivity index is 1.73. The van der Waals surface area contributed by atoms with E-state index < -0.39 is 0 Å². The summed E-state index contributed by atoms with van der Waals surface area (Å²) >= 11 is 1.28. The highest BCUT2D eigenvalue weighted by Crippen LogP contribution is 2.30. The Labute approximate surface area is 94.2 Å². The van der Waals surface area contributed by atoms with Gasteiger partial charge in [0.2, 0.25) is 0 Å². The summed E-state index contributed by atoms with van der Waals surface area (Å²) in [5.74, 6) is 0.540. The zero-order valence-corrected chi connectivity index (χ0v) is 9.55.